The van der Waals surface area contributed by atoms with Gasteiger partial charge in [0, 0.05) is 24.3 Å². The van der Waals surface area contributed by atoms with E-state index in [9.17, 15) is 8.42 Å². The first-order chi connectivity index (χ1) is 8.67. The molecule has 0 amide bonds. The quantitative estimate of drug-likeness (QED) is 0.802. The Morgan fingerprint density at radius 2 is 1.95 bits per heavy atom. The Labute approximate surface area is 115 Å². The molecule has 0 atom stereocenters. The van der Waals surface area contributed by atoms with Gasteiger partial charge in [-0.05, 0) is 50.5 Å². The first-order valence-corrected chi connectivity index (χ1v) is 7.78. The molecule has 19 heavy (non-hydrogen) atoms. The van der Waals surface area contributed by atoms with Crippen molar-refractivity contribution in [3.05, 3.63) is 29.3 Å². The van der Waals surface area contributed by atoms with E-state index in [-0.39, 0.29) is 0 Å². The number of fused-ring (bicyclic) bond motifs is 1. The van der Waals surface area contributed by atoms with Crippen molar-refractivity contribution in [1.29, 1.82) is 0 Å². The van der Waals surface area contributed by atoms with Gasteiger partial charge in [-0.15, -0.1) is 0 Å². The topological polar surface area (TPSA) is 75.4 Å². The van der Waals surface area contributed by atoms with Crippen LogP contribution in [0.4, 0.5) is 5.69 Å². The molecule has 2 rings (SSSR count). The fraction of sp³-hybridized carbons (Fsp3) is 0.538. The van der Waals surface area contributed by atoms with Gasteiger partial charge < -0.3 is 5.73 Å². The molecule has 3 N–H and O–H groups in total. The van der Waals surface area contributed by atoms with Gasteiger partial charge in [-0.25, -0.2) is 0 Å². The largest absolute Gasteiger partial charge is 0.399 e. The molecular formula is C13H21N3O2S. The lowest BCUT2D eigenvalue weighted by atomic mass is 10.0. The number of anilines is 1. The molecule has 0 bridgehead atoms. The van der Waals surface area contributed by atoms with Crippen molar-refractivity contribution in [3.8, 4) is 0 Å². The van der Waals surface area contributed by atoms with Crippen LogP contribution in [0.15, 0.2) is 18.2 Å². The minimum absolute atomic E-state index is 0.381. The zero-order valence-electron chi connectivity index (χ0n) is 11.6. The lowest BCUT2D eigenvalue weighted by molar-refractivity contribution is 0.368. The maximum absolute atomic E-state index is 12.3. The second-order valence-corrected chi connectivity index (χ2v) is 7.64. The molecule has 0 fully saturated rings. The molecule has 0 aromatic heterocycles. The summed E-state index contributed by atoms with van der Waals surface area (Å²) in [7, 11) is -3.45. The second kappa shape index (κ2) is 4.77. The van der Waals surface area contributed by atoms with Crippen LogP contribution in [-0.2, 0) is 23.2 Å². The molecular weight excluding hydrogens is 262 g/mol. The van der Waals surface area contributed by atoms with E-state index in [0.29, 0.717) is 18.8 Å². The van der Waals surface area contributed by atoms with Crippen LogP contribution in [0.2, 0.25) is 0 Å². The van der Waals surface area contributed by atoms with E-state index in [2.05, 4.69) is 4.72 Å². The van der Waals surface area contributed by atoms with E-state index in [4.69, 9.17) is 5.73 Å². The number of benzene rings is 1. The molecule has 6 heteroatoms. The monoisotopic (exact) mass is 283 g/mol. The van der Waals surface area contributed by atoms with Gasteiger partial charge in [-0.1, -0.05) is 6.07 Å². The third-order valence-corrected chi connectivity index (χ3v) is 4.84. The number of hydrogen-bond donors (Lipinski definition) is 2. The number of nitrogen functional groups attached to an aromatic ring is 1. The van der Waals surface area contributed by atoms with Crippen LogP contribution in [0.5, 0.6) is 0 Å². The maximum Gasteiger partial charge on any atom is 0.280 e. The summed E-state index contributed by atoms with van der Waals surface area (Å²) in [4.78, 5) is 0. The summed E-state index contributed by atoms with van der Waals surface area (Å²) in [5.74, 6) is 0. The Hall–Kier alpha value is -1.11. The molecule has 106 valence electrons. The van der Waals surface area contributed by atoms with Crippen LogP contribution < -0.4 is 10.5 Å². The highest BCUT2D eigenvalue weighted by atomic mass is 32.2. The summed E-state index contributed by atoms with van der Waals surface area (Å²) in [6.07, 6.45) is 0.723. The van der Waals surface area contributed by atoms with Gasteiger partial charge in [0.05, 0.1) is 0 Å². The highest BCUT2D eigenvalue weighted by Crippen LogP contribution is 2.23. The van der Waals surface area contributed by atoms with Gasteiger partial charge in [-0.3, -0.25) is 0 Å². The summed E-state index contributed by atoms with van der Waals surface area (Å²) < 4.78 is 28.7. The second-order valence-electron chi connectivity index (χ2n) is 5.97. The molecule has 1 heterocycles. The highest BCUT2D eigenvalue weighted by molar-refractivity contribution is 7.87. The molecule has 0 unspecified atom stereocenters. The summed E-state index contributed by atoms with van der Waals surface area (Å²) in [5, 5.41) is 0. The number of nitrogens with zero attached hydrogens (tertiary/aromatic N) is 1. The van der Waals surface area contributed by atoms with Crippen molar-refractivity contribution < 1.29 is 8.42 Å². The Morgan fingerprint density at radius 1 is 1.26 bits per heavy atom. The predicted molar refractivity (Wildman–Crippen MR) is 76.8 cm³/mol. The minimum Gasteiger partial charge on any atom is -0.399 e. The van der Waals surface area contributed by atoms with Gasteiger partial charge in [0.15, 0.2) is 0 Å². The zero-order valence-corrected chi connectivity index (χ0v) is 12.4. The van der Waals surface area contributed by atoms with Crippen LogP contribution in [-0.4, -0.2) is 24.8 Å². The fourth-order valence-electron chi connectivity index (χ4n) is 2.21. The van der Waals surface area contributed by atoms with Crippen LogP contribution in [0.1, 0.15) is 31.9 Å². The van der Waals surface area contributed by atoms with Crippen molar-refractivity contribution in [1.82, 2.24) is 9.03 Å². The maximum atomic E-state index is 12.3. The molecule has 1 aromatic rings. The third kappa shape index (κ3) is 3.46. The van der Waals surface area contributed by atoms with E-state index < -0.39 is 15.7 Å². The molecule has 0 radical (unpaired) electrons. The van der Waals surface area contributed by atoms with Crippen LogP contribution in [0.3, 0.4) is 0 Å². The van der Waals surface area contributed by atoms with Crippen molar-refractivity contribution in [2.24, 2.45) is 0 Å². The summed E-state index contributed by atoms with van der Waals surface area (Å²) in [6.45, 7) is 6.38. The molecule has 1 aliphatic rings. The van der Waals surface area contributed by atoms with Crippen molar-refractivity contribution in [3.63, 3.8) is 0 Å². The predicted octanol–water partition coefficient (Wildman–Crippen LogP) is 1.26. The first kappa shape index (κ1) is 14.3. The molecule has 0 aliphatic carbocycles. The molecule has 1 aromatic carbocycles. The standard InChI is InChI=1S/C13H21N3O2S/c1-13(2,3)15-19(17,18)16-7-6-10-4-5-12(14)8-11(10)9-16/h4-5,8,15H,6-7,9,14H2,1-3H3. The van der Waals surface area contributed by atoms with Gasteiger partial charge >= 0.3 is 0 Å². The van der Waals surface area contributed by atoms with Crippen molar-refractivity contribution in [2.75, 3.05) is 12.3 Å². The fourth-order valence-corrected chi connectivity index (χ4v) is 3.75. The number of hydrogen-bond acceptors (Lipinski definition) is 3. The molecule has 0 spiro atoms. The van der Waals surface area contributed by atoms with E-state index in [1.54, 1.807) is 0 Å². The number of nitrogens with one attached hydrogen (secondary N) is 1. The SMILES string of the molecule is CC(C)(C)NS(=O)(=O)N1CCc2ccc(N)cc2C1. The summed E-state index contributed by atoms with van der Waals surface area (Å²) >= 11 is 0. The van der Waals surface area contributed by atoms with Gasteiger partial charge in [-0.2, -0.15) is 17.4 Å². The lowest BCUT2D eigenvalue weighted by Crippen LogP contribution is -2.50. The Bertz CT molecular complexity index is 576. The van der Waals surface area contributed by atoms with Gasteiger partial charge in [0.25, 0.3) is 10.2 Å². The molecule has 1 aliphatic heterocycles. The van der Waals surface area contributed by atoms with E-state index >= 15 is 0 Å². The number of nitrogens with two attached hydrogens (primary N) is 1. The summed E-state index contributed by atoms with van der Waals surface area (Å²) in [5.41, 5.74) is 8.11. The molecule has 5 nitrogen and oxygen atoms in total. The van der Waals surface area contributed by atoms with Crippen LogP contribution in [0.25, 0.3) is 0 Å². The lowest BCUT2D eigenvalue weighted by Gasteiger charge is -2.31. The zero-order chi connectivity index (χ0) is 14.3. The van der Waals surface area contributed by atoms with Gasteiger partial charge in [0.1, 0.15) is 0 Å². The summed E-state index contributed by atoms with van der Waals surface area (Å²) in [6, 6.07) is 5.69. The third-order valence-electron chi connectivity index (χ3n) is 2.98. The van der Waals surface area contributed by atoms with Crippen molar-refractivity contribution >= 4 is 15.9 Å². The van der Waals surface area contributed by atoms with Gasteiger partial charge in [0.2, 0.25) is 0 Å². The average molecular weight is 283 g/mol. The minimum atomic E-state index is -3.45. The number of rotatable bonds is 2. The van der Waals surface area contributed by atoms with E-state index in [0.717, 1.165) is 12.0 Å². The Kier molecular flexibility index (Phi) is 3.59. The highest BCUT2D eigenvalue weighted by Gasteiger charge is 2.29. The van der Waals surface area contributed by atoms with E-state index in [1.165, 1.54) is 9.87 Å². The average Bonchev–Trinajstić information content (AvgIpc) is 2.24. The van der Waals surface area contributed by atoms with Crippen LogP contribution >= 0.6 is 0 Å². The Balaban J connectivity index is 2.22. The Morgan fingerprint density at radius 3 is 2.58 bits per heavy atom. The molecule has 0 saturated heterocycles. The first-order valence-electron chi connectivity index (χ1n) is 6.34. The van der Waals surface area contributed by atoms with E-state index in [1.807, 2.05) is 39.0 Å². The van der Waals surface area contributed by atoms with Crippen LogP contribution in [0, 0.1) is 0 Å². The molecule has 0 saturated carbocycles. The normalized spacial score (nSPS) is 17.2. The smallest absolute Gasteiger partial charge is 0.280 e. The van der Waals surface area contributed by atoms with Crippen molar-refractivity contribution in [2.45, 2.75) is 39.3 Å².